The van der Waals surface area contributed by atoms with Crippen LogP contribution >= 0.6 is 0 Å². The Balaban J connectivity index is 1.65. The van der Waals surface area contributed by atoms with E-state index in [0.29, 0.717) is 23.5 Å². The van der Waals surface area contributed by atoms with Gasteiger partial charge in [-0.2, -0.15) is 0 Å². The molecular weight excluding hydrogens is 362 g/mol. The van der Waals surface area contributed by atoms with Gasteiger partial charge in [-0.3, -0.25) is 0 Å². The molecule has 0 unspecified atom stereocenters. The first-order valence-electron chi connectivity index (χ1n) is 9.44. The minimum absolute atomic E-state index is 0.138. The third kappa shape index (κ3) is 3.57. The second-order valence-corrected chi connectivity index (χ2v) is 10.6. The smallest absolute Gasteiger partial charge is 0.338 e. The summed E-state index contributed by atoms with van der Waals surface area (Å²) >= 11 is 0. The largest absolute Gasteiger partial charge is 0.462 e. The predicted octanol–water partition coefficient (Wildman–Crippen LogP) is 3.78. The van der Waals surface area contributed by atoms with Crippen LogP contribution in [0.25, 0.3) is 0 Å². The lowest BCUT2D eigenvalue weighted by Crippen LogP contribution is -2.48. The van der Waals surface area contributed by atoms with Gasteiger partial charge in [0.2, 0.25) is 10.0 Å². The first-order valence-corrected chi connectivity index (χ1v) is 10.9. The Labute approximate surface area is 162 Å². The average Bonchev–Trinajstić information content (AvgIpc) is 2.61. The number of hydrogen-bond acceptors (Lipinski definition) is 4. The van der Waals surface area contributed by atoms with E-state index in [2.05, 4.69) is 19.9 Å². The maximum Gasteiger partial charge on any atom is 0.338 e. The molecule has 2 bridgehead atoms. The van der Waals surface area contributed by atoms with Crippen molar-refractivity contribution in [3.8, 4) is 0 Å². The molecule has 3 aliphatic carbocycles. The molecule has 0 radical (unpaired) electrons. The Morgan fingerprint density at radius 1 is 1.30 bits per heavy atom. The molecule has 0 aliphatic heterocycles. The number of carbonyl (C=O) groups excluding carboxylic acids is 1. The fraction of sp³-hybridized carbons (Fsp3) is 0.571. The molecule has 27 heavy (non-hydrogen) atoms. The zero-order valence-corrected chi connectivity index (χ0v) is 17.6. The minimum Gasteiger partial charge on any atom is -0.462 e. The van der Waals surface area contributed by atoms with Gasteiger partial charge in [0.25, 0.3) is 0 Å². The summed E-state index contributed by atoms with van der Waals surface area (Å²) in [4.78, 5) is 12.6. The second-order valence-electron chi connectivity index (χ2n) is 8.47. The summed E-state index contributed by atoms with van der Waals surface area (Å²) in [6, 6.07) is 4.67. The lowest BCUT2D eigenvalue weighted by Gasteiger charge is -2.56. The molecule has 0 N–H and O–H groups in total. The molecule has 0 amide bonds. The monoisotopic (exact) mass is 391 g/mol. The van der Waals surface area contributed by atoms with Crippen molar-refractivity contribution in [3.63, 3.8) is 0 Å². The van der Waals surface area contributed by atoms with E-state index < -0.39 is 16.0 Å². The van der Waals surface area contributed by atoms with E-state index >= 15 is 0 Å². The molecule has 1 aromatic rings. The van der Waals surface area contributed by atoms with Gasteiger partial charge in [0.05, 0.1) is 17.1 Å². The highest BCUT2D eigenvalue weighted by atomic mass is 32.2. The Morgan fingerprint density at radius 3 is 2.59 bits per heavy atom. The topological polar surface area (TPSA) is 63.7 Å². The number of nitrogens with zero attached hydrogens (tertiary/aromatic N) is 1. The summed E-state index contributed by atoms with van der Waals surface area (Å²) in [5.74, 6) is 0.914. The van der Waals surface area contributed by atoms with Crippen LogP contribution in [0.15, 0.2) is 34.7 Å². The highest BCUT2D eigenvalue weighted by Crippen LogP contribution is 2.59. The number of hydrogen-bond donors (Lipinski definition) is 0. The fourth-order valence-electron chi connectivity index (χ4n) is 4.30. The molecule has 0 heterocycles. The van der Waals surface area contributed by atoms with Gasteiger partial charge in [-0.05, 0) is 54.7 Å². The maximum absolute atomic E-state index is 12.4. The molecule has 4 rings (SSSR count). The van der Waals surface area contributed by atoms with Crippen molar-refractivity contribution in [2.24, 2.45) is 17.3 Å². The number of carbonyl (C=O) groups is 1. The van der Waals surface area contributed by atoms with Crippen molar-refractivity contribution in [3.05, 3.63) is 41.0 Å². The molecule has 148 valence electrons. The van der Waals surface area contributed by atoms with Crippen LogP contribution in [0.3, 0.4) is 0 Å². The normalized spacial score (nSPS) is 23.6. The van der Waals surface area contributed by atoms with Crippen molar-refractivity contribution in [1.29, 1.82) is 0 Å². The molecule has 1 saturated carbocycles. The van der Waals surface area contributed by atoms with E-state index in [0.717, 1.165) is 23.1 Å². The van der Waals surface area contributed by atoms with Crippen molar-refractivity contribution in [1.82, 2.24) is 4.31 Å². The maximum atomic E-state index is 12.4. The number of rotatable bonds is 6. The van der Waals surface area contributed by atoms with E-state index in [1.165, 1.54) is 32.2 Å². The SMILES string of the molecule is Cc1ccc(C(=O)OCCC2=CC[C@H]3C[C@@H]2C3(C)C)cc1S(=O)(=O)N(C)C. The summed E-state index contributed by atoms with van der Waals surface area (Å²) in [7, 11) is -0.647. The molecule has 0 saturated heterocycles. The second kappa shape index (κ2) is 7.06. The first-order chi connectivity index (χ1) is 12.5. The van der Waals surface area contributed by atoms with Crippen molar-refractivity contribution < 1.29 is 17.9 Å². The van der Waals surface area contributed by atoms with E-state index in [1.54, 1.807) is 19.1 Å². The Hall–Kier alpha value is -1.66. The standard InChI is InChI=1S/C21H29NO4S/c1-14-6-7-16(12-19(14)27(24,25)22(4)5)20(23)26-11-10-15-8-9-17-13-18(15)21(17,2)3/h6-8,12,17-18H,9-11,13H2,1-5H3/t17-,18-/m0/s1. The third-order valence-corrected chi connectivity index (χ3v) is 8.35. The molecule has 6 heteroatoms. The molecule has 0 aromatic heterocycles. The number of fused-ring (bicyclic) bond motifs is 1. The van der Waals surface area contributed by atoms with Gasteiger partial charge in [0, 0.05) is 20.5 Å². The number of allylic oxidation sites excluding steroid dienone is 1. The zero-order chi connectivity index (χ0) is 20.0. The van der Waals surface area contributed by atoms with Gasteiger partial charge in [-0.25, -0.2) is 17.5 Å². The lowest BCUT2D eigenvalue weighted by molar-refractivity contribution is -0.0103. The Bertz CT molecular complexity index is 883. The number of benzene rings is 1. The van der Waals surface area contributed by atoms with Gasteiger partial charge in [0.15, 0.2) is 0 Å². The van der Waals surface area contributed by atoms with Crippen LogP contribution in [0.2, 0.25) is 0 Å². The van der Waals surface area contributed by atoms with Crippen LogP contribution in [-0.4, -0.2) is 39.4 Å². The Morgan fingerprint density at radius 2 is 2.00 bits per heavy atom. The average molecular weight is 392 g/mol. The fourth-order valence-corrected chi connectivity index (χ4v) is 5.45. The number of aryl methyl sites for hydroxylation is 1. The molecule has 0 spiro atoms. The quantitative estimate of drug-likeness (QED) is 0.547. The molecule has 1 aromatic carbocycles. The minimum atomic E-state index is -3.60. The summed E-state index contributed by atoms with van der Waals surface area (Å²) in [6.07, 6.45) is 5.43. The van der Waals surface area contributed by atoms with Gasteiger partial charge in [-0.1, -0.05) is 31.6 Å². The zero-order valence-electron chi connectivity index (χ0n) is 16.8. The predicted molar refractivity (Wildman–Crippen MR) is 105 cm³/mol. The van der Waals surface area contributed by atoms with Crippen molar-refractivity contribution >= 4 is 16.0 Å². The van der Waals surface area contributed by atoms with Crippen LogP contribution in [0.1, 0.15) is 49.0 Å². The summed E-state index contributed by atoms with van der Waals surface area (Å²) in [5.41, 5.74) is 2.63. The summed E-state index contributed by atoms with van der Waals surface area (Å²) in [6.45, 7) is 6.69. The molecule has 3 aliphatic rings. The summed E-state index contributed by atoms with van der Waals surface area (Å²) in [5, 5.41) is 0. The molecular formula is C21H29NO4S. The number of esters is 1. The van der Waals surface area contributed by atoms with Gasteiger partial charge < -0.3 is 4.74 Å². The van der Waals surface area contributed by atoms with Crippen molar-refractivity contribution in [2.45, 2.75) is 44.9 Å². The van der Waals surface area contributed by atoms with E-state index in [1.807, 2.05) is 0 Å². The van der Waals surface area contributed by atoms with Crippen LogP contribution in [-0.2, 0) is 14.8 Å². The van der Waals surface area contributed by atoms with Gasteiger partial charge >= 0.3 is 5.97 Å². The van der Waals surface area contributed by atoms with Crippen LogP contribution in [0.5, 0.6) is 0 Å². The Kier molecular flexibility index (Phi) is 5.25. The molecule has 1 fully saturated rings. The third-order valence-electron chi connectivity index (χ3n) is 6.39. The van der Waals surface area contributed by atoms with Gasteiger partial charge in [-0.15, -0.1) is 0 Å². The molecule has 5 nitrogen and oxygen atoms in total. The highest BCUT2D eigenvalue weighted by Gasteiger charge is 2.50. The van der Waals surface area contributed by atoms with Crippen LogP contribution in [0.4, 0.5) is 0 Å². The highest BCUT2D eigenvalue weighted by molar-refractivity contribution is 7.89. The lowest BCUT2D eigenvalue weighted by atomic mass is 9.48. The van der Waals surface area contributed by atoms with Gasteiger partial charge in [0.1, 0.15) is 0 Å². The molecule has 2 atom stereocenters. The van der Waals surface area contributed by atoms with Crippen molar-refractivity contribution in [2.75, 3.05) is 20.7 Å². The van der Waals surface area contributed by atoms with E-state index in [-0.39, 0.29) is 10.5 Å². The summed E-state index contributed by atoms with van der Waals surface area (Å²) < 4.78 is 31.4. The first kappa shape index (κ1) is 20.1. The van der Waals surface area contributed by atoms with Crippen LogP contribution in [0, 0.1) is 24.2 Å². The number of sulfonamides is 1. The van der Waals surface area contributed by atoms with Crippen LogP contribution < -0.4 is 0 Å². The number of ether oxygens (including phenoxy) is 1. The van der Waals surface area contributed by atoms with E-state index in [9.17, 15) is 13.2 Å². The van der Waals surface area contributed by atoms with E-state index in [4.69, 9.17) is 4.74 Å².